The number of allylic oxidation sites excluding steroid dienone is 2. The van der Waals surface area contributed by atoms with E-state index >= 15 is 0 Å². The maximum Gasteiger partial charge on any atom is 0.355 e. The van der Waals surface area contributed by atoms with Gasteiger partial charge in [-0.05, 0) is 38.2 Å². The summed E-state index contributed by atoms with van der Waals surface area (Å²) in [6.07, 6.45) is 6.74. The van der Waals surface area contributed by atoms with E-state index in [4.69, 9.17) is 5.10 Å². The zero-order valence-corrected chi connectivity index (χ0v) is 15.3. The van der Waals surface area contributed by atoms with Crippen molar-refractivity contribution in [3.05, 3.63) is 58.7 Å². The summed E-state index contributed by atoms with van der Waals surface area (Å²) in [5.74, 6) is -1.02. The van der Waals surface area contributed by atoms with Crippen molar-refractivity contribution in [1.29, 1.82) is 0 Å². The second-order valence-corrected chi connectivity index (χ2v) is 7.23. The zero-order valence-electron chi connectivity index (χ0n) is 14.5. The van der Waals surface area contributed by atoms with Gasteiger partial charge in [-0.3, -0.25) is 0 Å². The summed E-state index contributed by atoms with van der Waals surface area (Å²) in [4.78, 5) is 15.5. The van der Waals surface area contributed by atoms with E-state index < -0.39 is 5.97 Å². The molecule has 5 nitrogen and oxygen atoms in total. The Balaban J connectivity index is 1.90. The lowest BCUT2D eigenvalue weighted by molar-refractivity contribution is 0.0691. The standard InChI is InChI=1S/C20H19N3O2S/c1-13-17(14-8-4-2-5-9-14)22-23(18(13)15-10-6-3-7-11-15)20-21-16(12-26-20)19(24)25/h2,4-5,8-10,12H,3,6-7,11H2,1H3,(H,24,25). The molecule has 0 saturated heterocycles. The SMILES string of the molecule is Cc1c(-c2ccccc2)nn(-c2nc(C(=O)O)cs2)c1C1=CCCCC1. The minimum absolute atomic E-state index is 0.0583. The van der Waals surface area contributed by atoms with Crippen LogP contribution in [0.3, 0.4) is 0 Å². The molecule has 0 saturated carbocycles. The van der Waals surface area contributed by atoms with Crippen LogP contribution in [0.15, 0.2) is 41.8 Å². The molecule has 0 aliphatic heterocycles. The molecule has 1 N–H and O–H groups in total. The predicted molar refractivity (Wildman–Crippen MR) is 103 cm³/mol. The third-order valence-electron chi connectivity index (χ3n) is 4.66. The van der Waals surface area contributed by atoms with Gasteiger partial charge in [-0.25, -0.2) is 14.5 Å². The fraction of sp³-hybridized carbons (Fsp3) is 0.250. The maximum atomic E-state index is 11.2. The Bertz CT molecular complexity index is 986. The minimum atomic E-state index is -1.02. The molecule has 2 aromatic heterocycles. The molecular formula is C20H19N3O2S. The highest BCUT2D eigenvalue weighted by atomic mass is 32.1. The van der Waals surface area contributed by atoms with Crippen LogP contribution in [0.4, 0.5) is 0 Å². The monoisotopic (exact) mass is 365 g/mol. The first-order valence-electron chi connectivity index (χ1n) is 8.69. The predicted octanol–water partition coefficient (Wildman–Crippen LogP) is 4.96. The molecule has 4 rings (SSSR count). The van der Waals surface area contributed by atoms with Crippen molar-refractivity contribution in [2.75, 3.05) is 0 Å². The summed E-state index contributed by atoms with van der Waals surface area (Å²) in [6.45, 7) is 2.09. The molecular weight excluding hydrogens is 346 g/mol. The van der Waals surface area contributed by atoms with E-state index in [0.29, 0.717) is 5.13 Å². The van der Waals surface area contributed by atoms with Gasteiger partial charge in [0.1, 0.15) is 0 Å². The highest BCUT2D eigenvalue weighted by Gasteiger charge is 2.23. The summed E-state index contributed by atoms with van der Waals surface area (Å²) in [5.41, 5.74) is 5.46. The van der Waals surface area contributed by atoms with Crippen LogP contribution >= 0.6 is 11.3 Å². The molecule has 1 aromatic carbocycles. The van der Waals surface area contributed by atoms with E-state index in [1.807, 2.05) is 35.0 Å². The molecule has 132 valence electrons. The molecule has 0 radical (unpaired) electrons. The smallest absolute Gasteiger partial charge is 0.355 e. The van der Waals surface area contributed by atoms with Crippen LogP contribution in [0, 0.1) is 6.92 Å². The van der Waals surface area contributed by atoms with E-state index in [0.717, 1.165) is 41.8 Å². The van der Waals surface area contributed by atoms with Crippen molar-refractivity contribution in [2.45, 2.75) is 32.6 Å². The van der Waals surface area contributed by atoms with Crippen molar-refractivity contribution in [3.63, 3.8) is 0 Å². The van der Waals surface area contributed by atoms with Crippen molar-refractivity contribution in [2.24, 2.45) is 0 Å². The van der Waals surface area contributed by atoms with Crippen LogP contribution in [-0.2, 0) is 0 Å². The van der Waals surface area contributed by atoms with Gasteiger partial charge in [0.15, 0.2) is 5.69 Å². The van der Waals surface area contributed by atoms with Gasteiger partial charge in [-0.1, -0.05) is 36.4 Å². The van der Waals surface area contributed by atoms with Gasteiger partial charge >= 0.3 is 5.97 Å². The Morgan fingerprint density at radius 1 is 1.23 bits per heavy atom. The normalized spacial score (nSPS) is 14.3. The third kappa shape index (κ3) is 2.97. The maximum absolute atomic E-state index is 11.2. The Labute approximate surface area is 155 Å². The average Bonchev–Trinajstić information content (AvgIpc) is 3.28. The number of carboxylic acid groups (broad SMARTS) is 1. The Morgan fingerprint density at radius 2 is 2.04 bits per heavy atom. The summed E-state index contributed by atoms with van der Waals surface area (Å²) in [6, 6.07) is 10.1. The van der Waals surface area contributed by atoms with Crippen LogP contribution in [0.1, 0.15) is 47.4 Å². The van der Waals surface area contributed by atoms with Gasteiger partial charge in [-0.2, -0.15) is 5.10 Å². The quantitative estimate of drug-likeness (QED) is 0.709. The van der Waals surface area contributed by atoms with Crippen molar-refractivity contribution >= 4 is 22.9 Å². The summed E-state index contributed by atoms with van der Waals surface area (Å²) in [7, 11) is 0. The van der Waals surface area contributed by atoms with E-state index in [2.05, 4.69) is 18.0 Å². The first-order chi connectivity index (χ1) is 12.6. The van der Waals surface area contributed by atoms with Gasteiger partial charge in [-0.15, -0.1) is 11.3 Å². The van der Waals surface area contributed by atoms with Gasteiger partial charge in [0, 0.05) is 16.5 Å². The highest BCUT2D eigenvalue weighted by Crippen LogP contribution is 2.35. The summed E-state index contributed by atoms with van der Waals surface area (Å²) < 4.78 is 1.83. The molecule has 1 aliphatic rings. The molecule has 0 fully saturated rings. The fourth-order valence-electron chi connectivity index (χ4n) is 3.39. The lowest BCUT2D eigenvalue weighted by atomic mass is 9.94. The second-order valence-electron chi connectivity index (χ2n) is 6.40. The van der Waals surface area contributed by atoms with Crippen molar-refractivity contribution in [1.82, 2.24) is 14.8 Å². The van der Waals surface area contributed by atoms with Crippen LogP contribution in [-0.4, -0.2) is 25.8 Å². The third-order valence-corrected chi connectivity index (χ3v) is 5.47. The van der Waals surface area contributed by atoms with Crippen molar-refractivity contribution in [3.8, 4) is 16.4 Å². The molecule has 0 bridgehead atoms. The molecule has 2 heterocycles. The molecule has 1 aliphatic carbocycles. The molecule has 26 heavy (non-hydrogen) atoms. The molecule has 0 spiro atoms. The van der Waals surface area contributed by atoms with Crippen LogP contribution in [0.25, 0.3) is 22.0 Å². The number of aromatic nitrogens is 3. The van der Waals surface area contributed by atoms with Crippen molar-refractivity contribution < 1.29 is 9.90 Å². The van der Waals surface area contributed by atoms with Gasteiger partial charge in [0.05, 0.1) is 11.4 Å². The zero-order chi connectivity index (χ0) is 18.1. The number of carbonyl (C=O) groups is 1. The molecule has 6 heteroatoms. The number of benzene rings is 1. The number of hydrogen-bond donors (Lipinski definition) is 1. The van der Waals surface area contributed by atoms with Crippen LogP contribution in [0.5, 0.6) is 0 Å². The first kappa shape index (κ1) is 16.7. The molecule has 0 unspecified atom stereocenters. The molecule has 0 atom stereocenters. The van der Waals surface area contributed by atoms with Gasteiger partial charge in [0.2, 0.25) is 5.13 Å². The summed E-state index contributed by atoms with van der Waals surface area (Å²) >= 11 is 1.31. The molecule has 3 aromatic rings. The van der Waals surface area contributed by atoms with Gasteiger partial charge < -0.3 is 5.11 Å². The second kappa shape index (κ2) is 6.88. The number of aromatic carboxylic acids is 1. The number of carboxylic acids is 1. The lowest BCUT2D eigenvalue weighted by Gasteiger charge is -2.14. The number of thiazole rings is 1. The first-order valence-corrected chi connectivity index (χ1v) is 9.57. The topological polar surface area (TPSA) is 68.0 Å². The number of hydrogen-bond acceptors (Lipinski definition) is 4. The molecule has 0 amide bonds. The Morgan fingerprint density at radius 3 is 2.69 bits per heavy atom. The number of nitrogens with zero attached hydrogens (tertiary/aromatic N) is 3. The highest BCUT2D eigenvalue weighted by molar-refractivity contribution is 7.12. The number of rotatable bonds is 4. The van der Waals surface area contributed by atoms with E-state index in [1.54, 1.807) is 5.38 Å². The lowest BCUT2D eigenvalue weighted by Crippen LogP contribution is -2.05. The average molecular weight is 365 g/mol. The van der Waals surface area contributed by atoms with E-state index in [-0.39, 0.29) is 5.69 Å². The van der Waals surface area contributed by atoms with E-state index in [9.17, 15) is 9.90 Å². The summed E-state index contributed by atoms with van der Waals surface area (Å²) in [5, 5.41) is 16.2. The fourth-order valence-corrected chi connectivity index (χ4v) is 4.15. The Hall–Kier alpha value is -2.73. The minimum Gasteiger partial charge on any atom is -0.476 e. The van der Waals surface area contributed by atoms with Gasteiger partial charge in [0.25, 0.3) is 0 Å². The van der Waals surface area contributed by atoms with Crippen LogP contribution < -0.4 is 0 Å². The largest absolute Gasteiger partial charge is 0.476 e. The van der Waals surface area contributed by atoms with E-state index in [1.165, 1.54) is 23.3 Å². The Kier molecular flexibility index (Phi) is 4.42. The van der Waals surface area contributed by atoms with Crippen LogP contribution in [0.2, 0.25) is 0 Å².